The van der Waals surface area contributed by atoms with Crippen molar-refractivity contribution in [2.75, 3.05) is 26.7 Å². The van der Waals surface area contributed by atoms with Gasteiger partial charge >= 0.3 is 0 Å². The molecule has 0 bridgehead atoms. The van der Waals surface area contributed by atoms with E-state index in [1.165, 1.54) is 51.7 Å². The minimum atomic E-state index is -0.381. The fraction of sp³-hybridized carbons (Fsp3) is 0.824. The molecule has 22 heavy (non-hydrogen) atoms. The van der Waals surface area contributed by atoms with Crippen molar-refractivity contribution in [1.82, 2.24) is 19.6 Å². The molecule has 2 aliphatic rings. The lowest BCUT2D eigenvalue weighted by Gasteiger charge is -2.28. The van der Waals surface area contributed by atoms with Crippen LogP contribution in [0.4, 0.5) is 0 Å². The van der Waals surface area contributed by atoms with Crippen molar-refractivity contribution in [1.29, 1.82) is 0 Å². The fourth-order valence-electron chi connectivity index (χ4n) is 4.12. The Kier molecular flexibility index (Phi) is 5.16. The van der Waals surface area contributed by atoms with E-state index in [4.69, 9.17) is 0 Å². The molecule has 0 radical (unpaired) electrons. The average Bonchev–Trinajstić information content (AvgIpc) is 3.19. The molecule has 3 rings (SSSR count). The lowest BCUT2D eigenvalue weighted by atomic mass is 10.0. The zero-order chi connectivity index (χ0) is 15.5. The van der Waals surface area contributed by atoms with E-state index in [0.717, 1.165) is 18.0 Å². The van der Waals surface area contributed by atoms with Crippen LogP contribution < -0.4 is 0 Å². The van der Waals surface area contributed by atoms with Crippen LogP contribution in [0.1, 0.15) is 50.2 Å². The lowest BCUT2D eigenvalue weighted by molar-refractivity contribution is 0.116. The van der Waals surface area contributed by atoms with Crippen LogP contribution in [0.3, 0.4) is 0 Å². The second-order valence-electron chi connectivity index (χ2n) is 7.10. The molecule has 5 heteroatoms. The number of likely N-dealkylation sites (tertiary alicyclic amines) is 2. The zero-order valence-corrected chi connectivity index (χ0v) is 14.0. The maximum atomic E-state index is 10.4. The summed E-state index contributed by atoms with van der Waals surface area (Å²) in [5.74, 6) is 0. The van der Waals surface area contributed by atoms with E-state index in [0.29, 0.717) is 6.04 Å². The molecule has 5 nitrogen and oxygen atoms in total. The summed E-state index contributed by atoms with van der Waals surface area (Å²) in [6.45, 7) is 3.63. The van der Waals surface area contributed by atoms with Gasteiger partial charge in [-0.15, -0.1) is 0 Å². The van der Waals surface area contributed by atoms with Crippen LogP contribution in [0, 0.1) is 0 Å². The fourth-order valence-corrected chi connectivity index (χ4v) is 4.12. The number of hydrogen-bond acceptors (Lipinski definition) is 4. The van der Waals surface area contributed by atoms with E-state index in [2.05, 4.69) is 21.9 Å². The van der Waals surface area contributed by atoms with Gasteiger partial charge in [0.05, 0.1) is 12.3 Å². The van der Waals surface area contributed by atoms with Gasteiger partial charge in [0.1, 0.15) is 0 Å². The maximum Gasteiger partial charge on any atom is 0.0835 e. The molecule has 2 aliphatic heterocycles. The SMILES string of the molecule is CN1CCCC1CCN1CCCC1CC(O)c1cnn(C)c1. The third-order valence-electron chi connectivity index (χ3n) is 5.53. The molecule has 3 unspecified atom stereocenters. The van der Waals surface area contributed by atoms with Crippen molar-refractivity contribution in [2.24, 2.45) is 7.05 Å². The molecule has 124 valence electrons. The summed E-state index contributed by atoms with van der Waals surface area (Å²) >= 11 is 0. The van der Waals surface area contributed by atoms with Crippen LogP contribution in [0.5, 0.6) is 0 Å². The van der Waals surface area contributed by atoms with Gasteiger partial charge in [-0.2, -0.15) is 5.10 Å². The van der Waals surface area contributed by atoms with E-state index in [9.17, 15) is 5.11 Å². The van der Waals surface area contributed by atoms with Crippen molar-refractivity contribution >= 4 is 0 Å². The average molecular weight is 306 g/mol. The molecule has 0 amide bonds. The van der Waals surface area contributed by atoms with Crippen molar-refractivity contribution in [3.8, 4) is 0 Å². The van der Waals surface area contributed by atoms with Crippen molar-refractivity contribution in [3.05, 3.63) is 18.0 Å². The van der Waals surface area contributed by atoms with Gasteiger partial charge in [0.15, 0.2) is 0 Å². The number of aliphatic hydroxyl groups is 1. The monoisotopic (exact) mass is 306 g/mol. The Hall–Kier alpha value is -0.910. The highest BCUT2D eigenvalue weighted by molar-refractivity contribution is 5.08. The molecular formula is C17H30N4O. The molecule has 1 aromatic rings. The van der Waals surface area contributed by atoms with E-state index in [1.54, 1.807) is 10.9 Å². The molecule has 2 saturated heterocycles. The van der Waals surface area contributed by atoms with Gasteiger partial charge in [-0.1, -0.05) is 0 Å². The van der Waals surface area contributed by atoms with Crippen LogP contribution in [0.25, 0.3) is 0 Å². The predicted octanol–water partition coefficient (Wildman–Crippen LogP) is 1.79. The van der Waals surface area contributed by atoms with Crippen LogP contribution in [-0.2, 0) is 7.05 Å². The lowest BCUT2D eigenvalue weighted by Crippen LogP contribution is -2.35. The molecule has 1 N–H and O–H groups in total. The van der Waals surface area contributed by atoms with Crippen LogP contribution in [0.15, 0.2) is 12.4 Å². The molecule has 0 spiro atoms. The Morgan fingerprint density at radius 2 is 2.00 bits per heavy atom. The first-order valence-corrected chi connectivity index (χ1v) is 8.74. The topological polar surface area (TPSA) is 44.5 Å². The first kappa shape index (κ1) is 16.0. The molecular weight excluding hydrogens is 276 g/mol. The Labute approximate surface area is 133 Å². The number of nitrogens with zero attached hydrogens (tertiary/aromatic N) is 4. The summed E-state index contributed by atoms with van der Waals surface area (Å²) < 4.78 is 1.76. The Bertz CT molecular complexity index is 475. The highest BCUT2D eigenvalue weighted by Gasteiger charge is 2.29. The van der Waals surface area contributed by atoms with Gasteiger partial charge in [-0.25, -0.2) is 0 Å². The smallest absolute Gasteiger partial charge is 0.0835 e. The summed E-state index contributed by atoms with van der Waals surface area (Å²) in [4.78, 5) is 5.11. The van der Waals surface area contributed by atoms with Crippen LogP contribution >= 0.6 is 0 Å². The predicted molar refractivity (Wildman–Crippen MR) is 87.6 cm³/mol. The number of hydrogen-bond donors (Lipinski definition) is 1. The number of aromatic nitrogens is 2. The third-order valence-corrected chi connectivity index (χ3v) is 5.53. The van der Waals surface area contributed by atoms with E-state index < -0.39 is 0 Å². The van der Waals surface area contributed by atoms with Gasteiger partial charge in [0.2, 0.25) is 0 Å². The highest BCUT2D eigenvalue weighted by atomic mass is 16.3. The van der Waals surface area contributed by atoms with Gasteiger partial charge in [0, 0.05) is 30.9 Å². The normalized spacial score (nSPS) is 28.5. The molecule has 0 saturated carbocycles. The number of aliphatic hydroxyl groups excluding tert-OH is 1. The maximum absolute atomic E-state index is 10.4. The number of aryl methyl sites for hydroxylation is 1. The molecule has 3 atom stereocenters. The molecule has 3 heterocycles. The van der Waals surface area contributed by atoms with Crippen LogP contribution in [0.2, 0.25) is 0 Å². The highest BCUT2D eigenvalue weighted by Crippen LogP contribution is 2.28. The Balaban J connectivity index is 1.49. The largest absolute Gasteiger partial charge is 0.388 e. The zero-order valence-electron chi connectivity index (χ0n) is 14.0. The van der Waals surface area contributed by atoms with Crippen molar-refractivity contribution < 1.29 is 5.11 Å². The number of rotatable bonds is 6. The molecule has 1 aromatic heterocycles. The molecule has 0 aliphatic carbocycles. The first-order valence-electron chi connectivity index (χ1n) is 8.74. The second kappa shape index (κ2) is 7.11. The third kappa shape index (κ3) is 3.70. The quantitative estimate of drug-likeness (QED) is 0.870. The van der Waals surface area contributed by atoms with E-state index in [-0.39, 0.29) is 6.10 Å². The first-order chi connectivity index (χ1) is 10.6. The minimum Gasteiger partial charge on any atom is -0.388 e. The summed E-state index contributed by atoms with van der Waals surface area (Å²) in [7, 11) is 4.15. The Morgan fingerprint density at radius 3 is 2.68 bits per heavy atom. The minimum absolute atomic E-state index is 0.381. The summed E-state index contributed by atoms with van der Waals surface area (Å²) in [5, 5.41) is 14.6. The molecule has 2 fully saturated rings. The Morgan fingerprint density at radius 1 is 1.23 bits per heavy atom. The standard InChI is InChI=1S/C17H30N4O/c1-19-8-3-5-15(19)7-10-21-9-4-6-16(21)11-17(22)14-12-18-20(2)13-14/h12-13,15-17,22H,3-11H2,1-2H3. The second-order valence-corrected chi connectivity index (χ2v) is 7.10. The van der Waals surface area contributed by atoms with Gasteiger partial charge < -0.3 is 14.9 Å². The molecule has 0 aromatic carbocycles. The summed E-state index contributed by atoms with van der Waals surface area (Å²) in [6.07, 6.45) is 10.6. The van der Waals surface area contributed by atoms with E-state index in [1.807, 2.05) is 13.2 Å². The van der Waals surface area contributed by atoms with Gasteiger partial charge in [-0.3, -0.25) is 4.68 Å². The van der Waals surface area contributed by atoms with E-state index >= 15 is 0 Å². The van der Waals surface area contributed by atoms with Crippen molar-refractivity contribution in [2.45, 2.75) is 56.7 Å². The van der Waals surface area contributed by atoms with Crippen LogP contribution in [-0.4, -0.2) is 63.5 Å². The summed E-state index contributed by atoms with van der Waals surface area (Å²) in [5.41, 5.74) is 0.949. The summed E-state index contributed by atoms with van der Waals surface area (Å²) in [6, 6.07) is 1.30. The van der Waals surface area contributed by atoms with Gasteiger partial charge in [0.25, 0.3) is 0 Å². The van der Waals surface area contributed by atoms with Gasteiger partial charge in [-0.05, 0) is 65.2 Å². The van der Waals surface area contributed by atoms with Crippen molar-refractivity contribution in [3.63, 3.8) is 0 Å².